The minimum absolute atomic E-state index is 0.718. The monoisotopic (exact) mass is 345 g/mol. The maximum atomic E-state index is 4.44. The van der Waals surface area contributed by atoms with Gasteiger partial charge < -0.3 is 10.2 Å². The Morgan fingerprint density at radius 3 is 2.71 bits per heavy atom. The van der Waals surface area contributed by atoms with E-state index in [1.807, 2.05) is 6.20 Å². The second-order valence-corrected chi connectivity index (χ2v) is 6.56. The van der Waals surface area contributed by atoms with Crippen LogP contribution in [-0.4, -0.2) is 18.1 Å². The molecule has 3 nitrogen and oxygen atoms in total. The maximum Gasteiger partial charge on any atom is 0.0562 e. The molecule has 0 unspecified atom stereocenters. The average molecular weight is 346 g/mol. The highest BCUT2D eigenvalue weighted by molar-refractivity contribution is 9.10. The Kier molecular flexibility index (Phi) is 4.56. The van der Waals surface area contributed by atoms with Crippen LogP contribution in [0.3, 0.4) is 0 Å². The summed E-state index contributed by atoms with van der Waals surface area (Å²) in [5, 5.41) is 3.51. The average Bonchev–Trinajstić information content (AvgIpc) is 3.32. The van der Waals surface area contributed by atoms with Gasteiger partial charge >= 0.3 is 0 Å². The molecule has 0 saturated heterocycles. The zero-order chi connectivity index (χ0) is 14.7. The van der Waals surface area contributed by atoms with E-state index in [2.05, 4.69) is 74.6 Å². The maximum absolute atomic E-state index is 4.44. The Morgan fingerprint density at radius 1 is 1.24 bits per heavy atom. The molecule has 1 aromatic heterocycles. The molecule has 1 fully saturated rings. The molecule has 0 amide bonds. The van der Waals surface area contributed by atoms with E-state index in [-0.39, 0.29) is 0 Å². The molecule has 0 aliphatic heterocycles. The quantitative estimate of drug-likeness (QED) is 0.864. The van der Waals surface area contributed by atoms with Crippen molar-refractivity contribution in [3.8, 4) is 0 Å². The van der Waals surface area contributed by atoms with Gasteiger partial charge in [0.25, 0.3) is 0 Å². The summed E-state index contributed by atoms with van der Waals surface area (Å²) < 4.78 is 1.12. The SMILES string of the molecule is CN(Cc1ccc(Br)cc1)c1ccnc(CNC2CC2)c1. The molecule has 1 aromatic carbocycles. The van der Waals surface area contributed by atoms with E-state index in [1.165, 1.54) is 24.1 Å². The van der Waals surface area contributed by atoms with Crippen molar-refractivity contribution in [2.24, 2.45) is 0 Å². The molecule has 0 atom stereocenters. The zero-order valence-corrected chi connectivity index (χ0v) is 13.8. The van der Waals surface area contributed by atoms with Crippen molar-refractivity contribution >= 4 is 21.6 Å². The van der Waals surface area contributed by atoms with Gasteiger partial charge in [0.15, 0.2) is 0 Å². The number of pyridine rings is 1. The summed E-state index contributed by atoms with van der Waals surface area (Å²) in [6.07, 6.45) is 4.52. The highest BCUT2D eigenvalue weighted by atomic mass is 79.9. The predicted molar refractivity (Wildman–Crippen MR) is 90.3 cm³/mol. The lowest BCUT2D eigenvalue weighted by Crippen LogP contribution is -2.19. The van der Waals surface area contributed by atoms with Crippen LogP contribution in [0.1, 0.15) is 24.1 Å². The van der Waals surface area contributed by atoms with Crippen LogP contribution in [-0.2, 0) is 13.1 Å². The first-order valence-corrected chi connectivity index (χ1v) is 8.14. The number of hydrogen-bond acceptors (Lipinski definition) is 3. The Labute approximate surface area is 134 Å². The molecular formula is C17H20BrN3. The number of aromatic nitrogens is 1. The molecule has 0 bridgehead atoms. The van der Waals surface area contributed by atoms with E-state index in [0.717, 1.165) is 29.3 Å². The number of nitrogens with zero attached hydrogens (tertiary/aromatic N) is 2. The second-order valence-electron chi connectivity index (χ2n) is 5.64. The standard InChI is InChI=1S/C17H20BrN3/c1-21(12-13-2-4-14(18)5-3-13)17-8-9-19-16(10-17)11-20-15-6-7-15/h2-5,8-10,15,20H,6-7,11-12H2,1H3. The van der Waals surface area contributed by atoms with Crippen molar-refractivity contribution < 1.29 is 0 Å². The molecule has 1 aliphatic rings. The van der Waals surface area contributed by atoms with Crippen molar-refractivity contribution in [2.75, 3.05) is 11.9 Å². The Morgan fingerprint density at radius 2 is 2.00 bits per heavy atom. The van der Waals surface area contributed by atoms with Gasteiger partial charge in [-0.15, -0.1) is 0 Å². The number of hydrogen-bond donors (Lipinski definition) is 1. The number of benzene rings is 1. The van der Waals surface area contributed by atoms with Crippen LogP contribution in [0.4, 0.5) is 5.69 Å². The minimum Gasteiger partial charge on any atom is -0.370 e. The summed E-state index contributed by atoms with van der Waals surface area (Å²) in [6.45, 7) is 1.76. The molecule has 4 heteroatoms. The summed E-state index contributed by atoms with van der Waals surface area (Å²) in [4.78, 5) is 6.70. The summed E-state index contributed by atoms with van der Waals surface area (Å²) in [5.74, 6) is 0. The third kappa shape index (κ3) is 4.29. The number of halogens is 1. The largest absolute Gasteiger partial charge is 0.370 e. The summed E-state index contributed by atoms with van der Waals surface area (Å²) in [5.41, 5.74) is 3.62. The first kappa shape index (κ1) is 14.5. The van der Waals surface area contributed by atoms with Crippen molar-refractivity contribution in [3.63, 3.8) is 0 Å². The fourth-order valence-electron chi connectivity index (χ4n) is 2.29. The molecule has 0 radical (unpaired) electrons. The van der Waals surface area contributed by atoms with Crippen molar-refractivity contribution in [1.82, 2.24) is 10.3 Å². The Balaban J connectivity index is 1.63. The smallest absolute Gasteiger partial charge is 0.0562 e. The summed E-state index contributed by atoms with van der Waals surface area (Å²) >= 11 is 3.47. The molecular weight excluding hydrogens is 326 g/mol. The van der Waals surface area contributed by atoms with Crippen LogP contribution < -0.4 is 10.2 Å². The van der Waals surface area contributed by atoms with E-state index in [4.69, 9.17) is 0 Å². The molecule has 1 saturated carbocycles. The van der Waals surface area contributed by atoms with Gasteiger partial charge in [-0.3, -0.25) is 4.98 Å². The predicted octanol–water partition coefficient (Wildman–Crippen LogP) is 3.73. The first-order chi connectivity index (χ1) is 10.2. The molecule has 0 spiro atoms. The van der Waals surface area contributed by atoms with E-state index in [0.29, 0.717) is 0 Å². The van der Waals surface area contributed by atoms with Gasteiger partial charge in [0.1, 0.15) is 0 Å². The molecule has 2 aromatic rings. The van der Waals surface area contributed by atoms with Gasteiger partial charge in [-0.25, -0.2) is 0 Å². The van der Waals surface area contributed by atoms with Gasteiger partial charge in [-0.05, 0) is 42.7 Å². The third-order valence-electron chi connectivity index (χ3n) is 3.72. The third-order valence-corrected chi connectivity index (χ3v) is 4.25. The van der Waals surface area contributed by atoms with Crippen molar-refractivity contribution in [1.29, 1.82) is 0 Å². The normalized spacial score (nSPS) is 14.2. The highest BCUT2D eigenvalue weighted by Gasteiger charge is 2.20. The highest BCUT2D eigenvalue weighted by Crippen LogP contribution is 2.20. The van der Waals surface area contributed by atoms with E-state index < -0.39 is 0 Å². The number of nitrogens with one attached hydrogen (secondary N) is 1. The molecule has 3 rings (SSSR count). The van der Waals surface area contributed by atoms with E-state index in [9.17, 15) is 0 Å². The topological polar surface area (TPSA) is 28.2 Å². The van der Waals surface area contributed by atoms with Crippen LogP contribution in [0.5, 0.6) is 0 Å². The van der Waals surface area contributed by atoms with Gasteiger partial charge in [0.05, 0.1) is 5.69 Å². The lowest BCUT2D eigenvalue weighted by Gasteiger charge is -2.20. The van der Waals surface area contributed by atoms with Crippen LogP contribution >= 0.6 is 15.9 Å². The number of rotatable bonds is 6. The van der Waals surface area contributed by atoms with E-state index >= 15 is 0 Å². The molecule has 110 valence electrons. The minimum atomic E-state index is 0.718. The van der Waals surface area contributed by atoms with Gasteiger partial charge in [0, 0.05) is 42.5 Å². The van der Waals surface area contributed by atoms with Crippen LogP contribution in [0, 0.1) is 0 Å². The van der Waals surface area contributed by atoms with Gasteiger partial charge in [0.2, 0.25) is 0 Å². The molecule has 1 heterocycles. The summed E-state index contributed by atoms with van der Waals surface area (Å²) in [7, 11) is 2.12. The summed E-state index contributed by atoms with van der Waals surface area (Å²) in [6, 6.07) is 13.4. The molecule has 21 heavy (non-hydrogen) atoms. The lowest BCUT2D eigenvalue weighted by molar-refractivity contribution is 0.674. The zero-order valence-electron chi connectivity index (χ0n) is 12.2. The molecule has 1 N–H and O–H groups in total. The van der Waals surface area contributed by atoms with Gasteiger partial charge in [-0.2, -0.15) is 0 Å². The van der Waals surface area contributed by atoms with Crippen molar-refractivity contribution in [2.45, 2.75) is 32.0 Å². The van der Waals surface area contributed by atoms with E-state index in [1.54, 1.807) is 0 Å². The fourth-order valence-corrected chi connectivity index (χ4v) is 2.56. The van der Waals surface area contributed by atoms with Crippen LogP contribution in [0.2, 0.25) is 0 Å². The van der Waals surface area contributed by atoms with Crippen LogP contribution in [0.25, 0.3) is 0 Å². The Hall–Kier alpha value is -1.39. The van der Waals surface area contributed by atoms with Crippen molar-refractivity contribution in [3.05, 3.63) is 58.3 Å². The van der Waals surface area contributed by atoms with Crippen LogP contribution in [0.15, 0.2) is 47.1 Å². The molecule has 1 aliphatic carbocycles. The lowest BCUT2D eigenvalue weighted by atomic mass is 10.2. The Bertz CT molecular complexity index is 593. The first-order valence-electron chi connectivity index (χ1n) is 7.34. The number of anilines is 1. The van der Waals surface area contributed by atoms with Gasteiger partial charge in [-0.1, -0.05) is 28.1 Å². The second kappa shape index (κ2) is 6.58. The fraction of sp³-hybridized carbons (Fsp3) is 0.353.